The molecule has 2 rings (SSSR count). The van der Waals surface area contributed by atoms with Gasteiger partial charge in [-0.2, -0.15) is 0 Å². The minimum atomic E-state index is -1.13. The van der Waals surface area contributed by atoms with Gasteiger partial charge in [-0.1, -0.05) is 11.6 Å². The van der Waals surface area contributed by atoms with Gasteiger partial charge in [0.15, 0.2) is 11.5 Å². The molecule has 20 heavy (non-hydrogen) atoms. The third-order valence-electron chi connectivity index (χ3n) is 2.57. The van der Waals surface area contributed by atoms with Crippen molar-refractivity contribution in [1.29, 1.82) is 0 Å². The van der Waals surface area contributed by atoms with Gasteiger partial charge in [0.2, 0.25) is 0 Å². The lowest BCUT2D eigenvalue weighted by Gasteiger charge is -2.11. The lowest BCUT2D eigenvalue weighted by Crippen LogP contribution is -2.06. The fourth-order valence-corrected chi connectivity index (χ4v) is 1.71. The van der Waals surface area contributed by atoms with Gasteiger partial charge in [0.05, 0.1) is 23.5 Å². The van der Waals surface area contributed by atoms with Gasteiger partial charge in [0.1, 0.15) is 5.75 Å². The third kappa shape index (κ3) is 2.92. The summed E-state index contributed by atoms with van der Waals surface area (Å²) in [4.78, 5) is 14.8. The number of carbonyl (C=O) groups is 1. The van der Waals surface area contributed by atoms with Gasteiger partial charge >= 0.3 is 5.97 Å². The molecule has 0 saturated heterocycles. The Labute approximate surface area is 120 Å². The number of nitrogens with two attached hydrogens (primary N) is 1. The van der Waals surface area contributed by atoms with Gasteiger partial charge in [-0.05, 0) is 24.3 Å². The predicted molar refractivity (Wildman–Crippen MR) is 76.9 cm³/mol. The number of pyridine rings is 1. The second-order valence-corrected chi connectivity index (χ2v) is 4.32. The summed E-state index contributed by atoms with van der Waals surface area (Å²) >= 11 is 6.05. The van der Waals surface area contributed by atoms with Crippen molar-refractivity contribution < 1.29 is 14.6 Å². The first kappa shape index (κ1) is 14.0. The van der Waals surface area contributed by atoms with Gasteiger partial charge in [0, 0.05) is 6.07 Å². The number of nitrogen functional groups attached to an aromatic ring is 1. The maximum Gasteiger partial charge on any atom is 0.354 e. The number of rotatable bonds is 4. The average Bonchev–Trinajstić information content (AvgIpc) is 2.43. The zero-order chi connectivity index (χ0) is 14.7. The number of hydrogen-bond acceptors (Lipinski definition) is 5. The molecule has 2 aromatic rings. The molecule has 0 radical (unpaired) electrons. The fraction of sp³-hybridized carbons (Fsp3) is 0.0769. The molecule has 104 valence electrons. The molecule has 0 aliphatic carbocycles. The molecule has 0 saturated carbocycles. The van der Waals surface area contributed by atoms with Crippen LogP contribution in [0.5, 0.6) is 5.75 Å². The van der Waals surface area contributed by atoms with E-state index in [1.807, 2.05) is 0 Å². The van der Waals surface area contributed by atoms with Gasteiger partial charge in [-0.15, -0.1) is 0 Å². The molecule has 6 nitrogen and oxygen atoms in total. The summed E-state index contributed by atoms with van der Waals surface area (Å²) in [5, 5.41) is 12.3. The Kier molecular flexibility index (Phi) is 3.95. The molecule has 0 fully saturated rings. The van der Waals surface area contributed by atoms with E-state index in [1.54, 1.807) is 18.2 Å². The zero-order valence-electron chi connectivity index (χ0n) is 10.6. The van der Waals surface area contributed by atoms with Crippen LogP contribution >= 0.6 is 11.6 Å². The average molecular weight is 294 g/mol. The molecule has 7 heteroatoms. The Morgan fingerprint density at radius 2 is 2.15 bits per heavy atom. The number of nitrogens with zero attached hydrogens (tertiary/aromatic N) is 1. The number of ether oxygens (including phenoxy) is 1. The Morgan fingerprint density at radius 1 is 1.40 bits per heavy atom. The summed E-state index contributed by atoms with van der Waals surface area (Å²) in [6.45, 7) is 0. The SMILES string of the molecule is COc1ccc(Cl)c(Nc2nc(C(=O)O)ccc2N)c1. The summed E-state index contributed by atoms with van der Waals surface area (Å²) in [6.07, 6.45) is 0. The van der Waals surface area contributed by atoms with Crippen molar-refractivity contribution in [3.05, 3.63) is 41.0 Å². The molecule has 0 unspecified atom stereocenters. The number of anilines is 3. The van der Waals surface area contributed by atoms with Crippen molar-refractivity contribution in [1.82, 2.24) is 4.98 Å². The number of aromatic carboxylic acids is 1. The number of halogens is 1. The second kappa shape index (κ2) is 5.66. The van der Waals surface area contributed by atoms with Gasteiger partial charge in [-0.25, -0.2) is 9.78 Å². The molecule has 0 atom stereocenters. The van der Waals surface area contributed by atoms with Crippen LogP contribution in [0.15, 0.2) is 30.3 Å². The number of carboxylic acid groups (broad SMARTS) is 1. The van der Waals surface area contributed by atoms with Crippen molar-refractivity contribution in [3.63, 3.8) is 0 Å². The third-order valence-corrected chi connectivity index (χ3v) is 2.90. The van der Waals surface area contributed by atoms with Crippen LogP contribution in [-0.2, 0) is 0 Å². The van der Waals surface area contributed by atoms with E-state index < -0.39 is 5.97 Å². The van der Waals surface area contributed by atoms with Crippen LogP contribution in [0.1, 0.15) is 10.5 Å². The smallest absolute Gasteiger partial charge is 0.354 e. The van der Waals surface area contributed by atoms with Gasteiger partial charge in [0.25, 0.3) is 0 Å². The zero-order valence-corrected chi connectivity index (χ0v) is 11.3. The summed E-state index contributed by atoms with van der Waals surface area (Å²) in [7, 11) is 1.53. The first-order chi connectivity index (χ1) is 9.51. The molecule has 1 aromatic carbocycles. The van der Waals surface area contributed by atoms with E-state index in [1.165, 1.54) is 19.2 Å². The van der Waals surface area contributed by atoms with E-state index in [0.29, 0.717) is 22.1 Å². The van der Waals surface area contributed by atoms with Crippen molar-refractivity contribution in [2.24, 2.45) is 0 Å². The molecule has 0 aliphatic heterocycles. The lowest BCUT2D eigenvalue weighted by atomic mass is 10.2. The predicted octanol–water partition coefficient (Wildman–Crippen LogP) is 2.77. The minimum absolute atomic E-state index is 0.110. The summed E-state index contributed by atoms with van der Waals surface area (Å²) < 4.78 is 5.10. The van der Waals surface area contributed by atoms with Crippen LogP contribution < -0.4 is 15.8 Å². The van der Waals surface area contributed by atoms with Gasteiger partial charge < -0.3 is 20.9 Å². The fourth-order valence-electron chi connectivity index (χ4n) is 1.54. The molecule has 1 aromatic heterocycles. The normalized spacial score (nSPS) is 10.1. The lowest BCUT2D eigenvalue weighted by molar-refractivity contribution is 0.0690. The second-order valence-electron chi connectivity index (χ2n) is 3.91. The largest absolute Gasteiger partial charge is 0.497 e. The quantitative estimate of drug-likeness (QED) is 0.802. The Morgan fingerprint density at radius 3 is 2.80 bits per heavy atom. The first-order valence-corrected chi connectivity index (χ1v) is 5.99. The highest BCUT2D eigenvalue weighted by Gasteiger charge is 2.10. The molecule has 0 amide bonds. The van der Waals surface area contributed by atoms with E-state index in [2.05, 4.69) is 10.3 Å². The van der Waals surface area contributed by atoms with E-state index in [9.17, 15) is 4.79 Å². The van der Waals surface area contributed by atoms with Crippen LogP contribution in [0.25, 0.3) is 0 Å². The Balaban J connectivity index is 2.38. The van der Waals surface area contributed by atoms with Crippen molar-refractivity contribution in [2.45, 2.75) is 0 Å². The molecular formula is C13H12ClN3O3. The van der Waals surface area contributed by atoms with Crippen LogP contribution in [0.3, 0.4) is 0 Å². The molecule has 0 bridgehead atoms. The Bertz CT molecular complexity index is 661. The first-order valence-electron chi connectivity index (χ1n) is 5.61. The highest BCUT2D eigenvalue weighted by atomic mass is 35.5. The highest BCUT2D eigenvalue weighted by Crippen LogP contribution is 2.30. The molecular weight excluding hydrogens is 282 g/mol. The number of nitrogens with one attached hydrogen (secondary N) is 1. The van der Waals surface area contributed by atoms with Crippen molar-refractivity contribution >= 4 is 34.8 Å². The van der Waals surface area contributed by atoms with Gasteiger partial charge in [-0.3, -0.25) is 0 Å². The minimum Gasteiger partial charge on any atom is -0.497 e. The summed E-state index contributed by atoms with van der Waals surface area (Å²) in [5.41, 5.74) is 6.49. The van der Waals surface area contributed by atoms with Crippen LogP contribution in [0.4, 0.5) is 17.2 Å². The maximum absolute atomic E-state index is 10.9. The van der Waals surface area contributed by atoms with E-state index in [0.717, 1.165) is 0 Å². The topological polar surface area (TPSA) is 97.5 Å². The number of hydrogen-bond donors (Lipinski definition) is 3. The maximum atomic E-state index is 10.9. The van der Waals surface area contributed by atoms with E-state index in [4.69, 9.17) is 27.2 Å². The van der Waals surface area contributed by atoms with E-state index in [-0.39, 0.29) is 11.5 Å². The van der Waals surface area contributed by atoms with E-state index >= 15 is 0 Å². The number of benzene rings is 1. The number of carboxylic acids is 1. The summed E-state index contributed by atoms with van der Waals surface area (Å²) in [6, 6.07) is 7.82. The van der Waals surface area contributed by atoms with Crippen molar-refractivity contribution in [2.75, 3.05) is 18.2 Å². The van der Waals surface area contributed by atoms with Crippen molar-refractivity contribution in [3.8, 4) is 5.75 Å². The molecule has 4 N–H and O–H groups in total. The highest BCUT2D eigenvalue weighted by molar-refractivity contribution is 6.33. The van der Waals surface area contributed by atoms with Crippen LogP contribution in [0, 0.1) is 0 Å². The Hall–Kier alpha value is -2.47. The van der Waals surface area contributed by atoms with Crippen LogP contribution in [-0.4, -0.2) is 23.2 Å². The summed E-state index contributed by atoms with van der Waals surface area (Å²) in [5.74, 6) is -0.310. The standard InChI is InChI=1S/C13H12ClN3O3/c1-20-7-2-3-8(14)11(6-7)17-12-9(15)4-5-10(16-12)13(18)19/h2-6H,15H2,1H3,(H,16,17)(H,18,19). The number of aromatic nitrogens is 1. The number of methoxy groups -OCH3 is 1. The monoisotopic (exact) mass is 293 g/mol. The van der Waals surface area contributed by atoms with Crippen LogP contribution in [0.2, 0.25) is 5.02 Å². The molecule has 0 spiro atoms. The molecule has 1 heterocycles. The molecule has 0 aliphatic rings.